The Kier molecular flexibility index (Phi) is 17.7. The molecule has 7 nitrogen and oxygen atoms in total. The summed E-state index contributed by atoms with van der Waals surface area (Å²) in [5.74, 6) is -3.82. The van der Waals surface area contributed by atoms with E-state index in [4.69, 9.17) is 10.2 Å². The Hall–Kier alpha value is -1.89. The summed E-state index contributed by atoms with van der Waals surface area (Å²) in [6.45, 7) is 0.812. The predicted octanol–water partition coefficient (Wildman–Crippen LogP) is 3.76. The number of hydrogen-bond acceptors (Lipinski definition) is 4. The Morgan fingerprint density at radius 1 is 0.677 bits per heavy atom. The van der Waals surface area contributed by atoms with Crippen molar-refractivity contribution < 1.29 is 34.2 Å². The maximum absolute atomic E-state index is 11.1. The van der Waals surface area contributed by atoms with Crippen LogP contribution in [-0.4, -0.2) is 58.8 Å². The van der Waals surface area contributed by atoms with Gasteiger partial charge in [-0.05, 0) is 38.5 Å². The summed E-state index contributed by atoms with van der Waals surface area (Å²) in [5, 5.41) is 29.2. The highest BCUT2D eigenvalue weighted by atomic mass is 16.4. The number of quaternary nitrogens is 1. The molecule has 2 N–H and O–H groups in total. The largest absolute Gasteiger partial charge is 0.544 e. The van der Waals surface area contributed by atoms with E-state index in [1.54, 1.807) is 0 Å². The summed E-state index contributed by atoms with van der Waals surface area (Å²) in [7, 11) is 0. The SMILES string of the molecule is CCCCC/C=C/CCCCCCCCCCC[N+](CC(=O)[O-])(CC(=O)O)CC(=O)O. The van der Waals surface area contributed by atoms with Crippen LogP contribution in [-0.2, 0) is 14.4 Å². The fourth-order valence-electron chi connectivity index (χ4n) is 3.95. The number of hydrogen-bond donors (Lipinski definition) is 2. The summed E-state index contributed by atoms with van der Waals surface area (Å²) < 4.78 is -0.500. The Morgan fingerprint density at radius 2 is 1.10 bits per heavy atom. The van der Waals surface area contributed by atoms with Gasteiger partial charge in [0.05, 0.1) is 12.5 Å². The van der Waals surface area contributed by atoms with E-state index < -0.39 is 42.0 Å². The van der Waals surface area contributed by atoms with Gasteiger partial charge < -0.3 is 24.6 Å². The number of aliphatic carboxylic acids is 3. The van der Waals surface area contributed by atoms with Crippen molar-refractivity contribution in [3.8, 4) is 0 Å². The molecule has 180 valence electrons. The van der Waals surface area contributed by atoms with Crippen molar-refractivity contribution in [1.82, 2.24) is 0 Å². The standard InChI is InChI=1S/C24H43NO6/c1-2-3-4-5-6-7-8-9-10-11-12-13-14-15-16-17-18-25(19-22(26)27,20-23(28)29)21-24(30)31/h6-7H,2-5,8-21H2,1H3,(H2-,26,27,28,29,30,31)/b7-6+. The molecule has 31 heavy (non-hydrogen) atoms. The molecular weight excluding hydrogens is 398 g/mol. The van der Waals surface area contributed by atoms with Crippen molar-refractivity contribution in [1.29, 1.82) is 0 Å². The fourth-order valence-corrected chi connectivity index (χ4v) is 3.95. The molecule has 0 aromatic heterocycles. The van der Waals surface area contributed by atoms with Crippen LogP contribution in [0.5, 0.6) is 0 Å². The van der Waals surface area contributed by atoms with Crippen LogP contribution >= 0.6 is 0 Å². The Labute approximate surface area is 187 Å². The molecule has 0 rings (SSSR count). The molecule has 0 bridgehead atoms. The van der Waals surface area contributed by atoms with Gasteiger partial charge in [-0.15, -0.1) is 0 Å². The van der Waals surface area contributed by atoms with Crippen molar-refractivity contribution in [3.63, 3.8) is 0 Å². The van der Waals surface area contributed by atoms with E-state index in [0.29, 0.717) is 6.42 Å². The molecule has 0 radical (unpaired) electrons. The van der Waals surface area contributed by atoms with Crippen LogP contribution in [0.2, 0.25) is 0 Å². The topological polar surface area (TPSA) is 115 Å². The smallest absolute Gasteiger partial charge is 0.359 e. The van der Waals surface area contributed by atoms with Gasteiger partial charge in [0.25, 0.3) is 0 Å². The van der Waals surface area contributed by atoms with Crippen LogP contribution in [0, 0.1) is 0 Å². The summed E-state index contributed by atoms with van der Waals surface area (Å²) >= 11 is 0. The van der Waals surface area contributed by atoms with Crippen molar-refractivity contribution in [3.05, 3.63) is 12.2 Å². The van der Waals surface area contributed by atoms with Crippen LogP contribution in [0.4, 0.5) is 0 Å². The molecule has 0 amide bonds. The number of rotatable bonds is 22. The van der Waals surface area contributed by atoms with Crippen molar-refractivity contribution in [2.45, 2.75) is 96.8 Å². The molecule has 0 atom stereocenters. The zero-order valence-corrected chi connectivity index (χ0v) is 19.4. The highest BCUT2D eigenvalue weighted by molar-refractivity contribution is 5.72. The second-order valence-electron chi connectivity index (χ2n) is 8.64. The van der Waals surface area contributed by atoms with Gasteiger partial charge in [-0.2, -0.15) is 0 Å². The molecule has 0 aliphatic rings. The molecule has 0 aromatic rings. The van der Waals surface area contributed by atoms with Gasteiger partial charge in [0.2, 0.25) is 0 Å². The number of nitrogens with zero attached hydrogens (tertiary/aromatic N) is 1. The van der Waals surface area contributed by atoms with E-state index in [9.17, 15) is 19.5 Å². The summed E-state index contributed by atoms with van der Waals surface area (Å²) in [4.78, 5) is 33.3. The third-order valence-corrected chi connectivity index (χ3v) is 5.55. The normalized spacial score (nSPS) is 11.8. The number of carboxylic acids is 3. The highest BCUT2D eigenvalue weighted by Crippen LogP contribution is 2.14. The van der Waals surface area contributed by atoms with Gasteiger partial charge in [0.15, 0.2) is 13.1 Å². The van der Waals surface area contributed by atoms with Gasteiger partial charge in [0, 0.05) is 0 Å². The Balaban J connectivity index is 3.88. The first-order valence-electron chi connectivity index (χ1n) is 11.9. The summed E-state index contributed by atoms with van der Waals surface area (Å²) in [6.07, 6.45) is 20.5. The number of carboxylic acid groups (broad SMARTS) is 3. The molecule has 0 fully saturated rings. The fraction of sp³-hybridized carbons (Fsp3) is 0.792. The first kappa shape index (κ1) is 29.1. The minimum absolute atomic E-state index is 0.221. The summed E-state index contributed by atoms with van der Waals surface area (Å²) in [5.41, 5.74) is 0. The van der Waals surface area contributed by atoms with E-state index >= 15 is 0 Å². The van der Waals surface area contributed by atoms with Crippen molar-refractivity contribution >= 4 is 17.9 Å². The number of carbonyl (C=O) groups excluding carboxylic acids is 1. The van der Waals surface area contributed by atoms with Gasteiger partial charge in [-0.1, -0.05) is 70.4 Å². The van der Waals surface area contributed by atoms with Gasteiger partial charge in [-0.25, -0.2) is 9.59 Å². The number of allylic oxidation sites excluding steroid dienone is 2. The van der Waals surface area contributed by atoms with Gasteiger partial charge in [0.1, 0.15) is 6.54 Å². The Bertz CT molecular complexity index is 491. The van der Waals surface area contributed by atoms with E-state index in [1.165, 1.54) is 57.8 Å². The summed E-state index contributed by atoms with van der Waals surface area (Å²) in [6, 6.07) is 0. The predicted molar refractivity (Wildman–Crippen MR) is 119 cm³/mol. The van der Waals surface area contributed by atoms with E-state index in [1.807, 2.05) is 0 Å². The lowest BCUT2D eigenvalue weighted by atomic mass is 10.1. The molecule has 0 aliphatic heterocycles. The molecule has 7 heteroatoms. The quantitative estimate of drug-likeness (QED) is 0.150. The third kappa shape index (κ3) is 18.6. The van der Waals surface area contributed by atoms with Gasteiger partial charge >= 0.3 is 11.9 Å². The molecule has 0 unspecified atom stereocenters. The molecule has 0 aromatic carbocycles. The second kappa shape index (κ2) is 18.8. The molecule has 0 saturated carbocycles. The first-order chi connectivity index (χ1) is 14.8. The van der Waals surface area contributed by atoms with E-state index in [-0.39, 0.29) is 6.54 Å². The zero-order chi connectivity index (χ0) is 23.4. The third-order valence-electron chi connectivity index (χ3n) is 5.55. The van der Waals surface area contributed by atoms with Crippen LogP contribution in [0.25, 0.3) is 0 Å². The van der Waals surface area contributed by atoms with Crippen LogP contribution < -0.4 is 5.11 Å². The molecular formula is C24H43NO6. The lowest BCUT2D eigenvalue weighted by molar-refractivity contribution is -0.909. The Morgan fingerprint density at radius 3 is 1.52 bits per heavy atom. The number of carbonyl (C=O) groups is 3. The average molecular weight is 442 g/mol. The van der Waals surface area contributed by atoms with Crippen LogP contribution in [0.1, 0.15) is 96.8 Å². The first-order valence-corrected chi connectivity index (χ1v) is 11.9. The van der Waals surface area contributed by atoms with E-state index in [0.717, 1.165) is 25.7 Å². The van der Waals surface area contributed by atoms with E-state index in [2.05, 4.69) is 19.1 Å². The van der Waals surface area contributed by atoms with Crippen LogP contribution in [0.15, 0.2) is 12.2 Å². The molecule has 0 aliphatic carbocycles. The zero-order valence-electron chi connectivity index (χ0n) is 19.4. The molecule has 0 saturated heterocycles. The van der Waals surface area contributed by atoms with Gasteiger partial charge in [-0.3, -0.25) is 0 Å². The highest BCUT2D eigenvalue weighted by Gasteiger charge is 2.33. The second-order valence-corrected chi connectivity index (χ2v) is 8.64. The lowest BCUT2D eigenvalue weighted by Gasteiger charge is -2.36. The minimum atomic E-state index is -1.42. The van der Waals surface area contributed by atoms with Crippen LogP contribution in [0.3, 0.4) is 0 Å². The molecule has 0 spiro atoms. The maximum atomic E-state index is 11.1. The maximum Gasteiger partial charge on any atom is 0.359 e. The minimum Gasteiger partial charge on any atom is -0.544 e. The lowest BCUT2D eigenvalue weighted by Crippen LogP contribution is -2.59. The van der Waals surface area contributed by atoms with Crippen molar-refractivity contribution in [2.24, 2.45) is 0 Å². The molecule has 0 heterocycles. The van der Waals surface area contributed by atoms with Crippen molar-refractivity contribution in [2.75, 3.05) is 26.2 Å². The average Bonchev–Trinajstić information content (AvgIpc) is 2.66. The number of unbranched alkanes of at least 4 members (excludes halogenated alkanes) is 12. The monoisotopic (exact) mass is 441 g/mol.